The number of likely N-dealkylation sites (N-methyl/N-ethyl adjacent to an activating group) is 2. The molecule has 5 rings (SSSR count). The predicted octanol–water partition coefficient (Wildman–Crippen LogP) is 4.66. The first kappa shape index (κ1) is 27.2. The number of aromatic nitrogens is 2. The van der Waals surface area contributed by atoms with E-state index in [1.54, 1.807) is 4.90 Å². The first-order valence-corrected chi connectivity index (χ1v) is 14.0. The normalized spacial score (nSPS) is 18.6. The maximum absolute atomic E-state index is 12.5. The number of amides is 1. The van der Waals surface area contributed by atoms with Crippen molar-refractivity contribution in [2.75, 3.05) is 41.3 Å². The Bertz CT molecular complexity index is 1420. The lowest BCUT2D eigenvalue weighted by molar-refractivity contribution is 0.0827. The lowest BCUT2D eigenvalue weighted by Gasteiger charge is -2.33. The second-order valence-corrected chi connectivity index (χ2v) is 11.4. The standard InChI is InChI=1S/C32H42N6O/c1-21-16-25(32(39)35(4)5)17-22(2)30(21)23-11-14-38(15-12-23)20-26-18-28-27(10-13-34-31(28)37(26)7)24-8-9-29(33-3)36(6)19-24/h8-10,13,16-19,23,29,33H,11-12,14-15,20H2,1-7H3. The molecule has 1 aromatic carbocycles. The van der Waals surface area contributed by atoms with E-state index in [1.807, 2.05) is 27.3 Å². The Hall–Kier alpha value is -3.42. The summed E-state index contributed by atoms with van der Waals surface area (Å²) in [5.41, 5.74) is 9.45. The van der Waals surface area contributed by atoms with Crippen LogP contribution >= 0.6 is 0 Å². The lowest BCUT2D eigenvalue weighted by Crippen LogP contribution is -2.38. The fourth-order valence-electron chi connectivity index (χ4n) is 6.42. The molecule has 0 bridgehead atoms. The second kappa shape index (κ2) is 11.0. The zero-order valence-corrected chi connectivity index (χ0v) is 24.5. The molecule has 0 saturated carbocycles. The van der Waals surface area contributed by atoms with E-state index in [4.69, 9.17) is 4.98 Å². The van der Waals surface area contributed by atoms with Crippen molar-refractivity contribution in [3.8, 4) is 0 Å². The quantitative estimate of drug-likeness (QED) is 0.506. The summed E-state index contributed by atoms with van der Waals surface area (Å²) in [4.78, 5) is 23.7. The molecule has 39 heavy (non-hydrogen) atoms. The van der Waals surface area contributed by atoms with E-state index < -0.39 is 0 Å². The molecule has 4 heterocycles. The first-order valence-electron chi connectivity index (χ1n) is 14.0. The predicted molar refractivity (Wildman–Crippen MR) is 160 cm³/mol. The van der Waals surface area contributed by atoms with Gasteiger partial charge in [-0.3, -0.25) is 15.0 Å². The molecule has 1 atom stereocenters. The number of benzene rings is 1. The summed E-state index contributed by atoms with van der Waals surface area (Å²) in [5.74, 6) is 0.606. The van der Waals surface area contributed by atoms with E-state index in [0.29, 0.717) is 5.92 Å². The molecule has 1 saturated heterocycles. The SMILES string of the molecule is CNC1C=CC(c2ccnc3c2cc(CN2CCC(c4c(C)cc(C(=O)N(C)C)cc4C)CC2)n3C)=CN1C. The lowest BCUT2D eigenvalue weighted by atomic mass is 9.83. The highest BCUT2D eigenvalue weighted by Gasteiger charge is 2.25. The van der Waals surface area contributed by atoms with Gasteiger partial charge in [0, 0.05) is 63.8 Å². The third kappa shape index (κ3) is 5.25. The summed E-state index contributed by atoms with van der Waals surface area (Å²) in [6.45, 7) is 7.37. The van der Waals surface area contributed by atoms with Crippen LogP contribution in [0.15, 0.2) is 48.8 Å². The van der Waals surface area contributed by atoms with Crippen molar-refractivity contribution in [1.29, 1.82) is 0 Å². The van der Waals surface area contributed by atoms with Crippen molar-refractivity contribution >= 4 is 22.5 Å². The number of piperidine rings is 1. The molecule has 7 heteroatoms. The molecule has 7 nitrogen and oxygen atoms in total. The monoisotopic (exact) mass is 526 g/mol. The number of nitrogens with zero attached hydrogens (tertiary/aromatic N) is 5. The van der Waals surface area contributed by atoms with E-state index in [1.165, 1.54) is 38.9 Å². The average Bonchev–Trinajstić information content (AvgIpc) is 3.23. The molecule has 2 aromatic heterocycles. The number of carbonyl (C=O) groups is 1. The maximum atomic E-state index is 12.5. The highest BCUT2D eigenvalue weighted by molar-refractivity contribution is 5.95. The van der Waals surface area contributed by atoms with Crippen LogP contribution in [-0.2, 0) is 13.6 Å². The largest absolute Gasteiger partial charge is 0.361 e. The topological polar surface area (TPSA) is 56.6 Å². The number of fused-ring (bicyclic) bond motifs is 1. The van der Waals surface area contributed by atoms with E-state index in [2.05, 4.69) is 90.2 Å². The number of hydrogen-bond acceptors (Lipinski definition) is 5. The van der Waals surface area contributed by atoms with E-state index in [0.717, 1.165) is 43.7 Å². The molecule has 0 radical (unpaired) electrons. The minimum Gasteiger partial charge on any atom is -0.361 e. The molecule has 3 aromatic rings. The molecule has 2 aliphatic rings. The van der Waals surface area contributed by atoms with Crippen LogP contribution in [-0.4, -0.2) is 77.6 Å². The third-order valence-electron chi connectivity index (χ3n) is 8.50. The Balaban J connectivity index is 1.31. The van der Waals surface area contributed by atoms with Crippen molar-refractivity contribution < 1.29 is 4.79 Å². The van der Waals surface area contributed by atoms with Gasteiger partial charge in [-0.1, -0.05) is 6.08 Å². The Morgan fingerprint density at radius 2 is 1.79 bits per heavy atom. The highest BCUT2D eigenvalue weighted by atomic mass is 16.2. The number of aryl methyl sites for hydroxylation is 3. The van der Waals surface area contributed by atoms with E-state index in [9.17, 15) is 4.79 Å². The summed E-state index contributed by atoms with van der Waals surface area (Å²) < 4.78 is 2.26. The Morgan fingerprint density at radius 3 is 2.41 bits per heavy atom. The van der Waals surface area contributed by atoms with Crippen LogP contribution in [0.3, 0.4) is 0 Å². The Labute approximate surface area is 232 Å². The number of allylic oxidation sites excluding steroid dienone is 2. The van der Waals surface area contributed by atoms with Crippen LogP contribution < -0.4 is 5.32 Å². The molecule has 1 fully saturated rings. The first-order chi connectivity index (χ1) is 18.7. The van der Waals surface area contributed by atoms with Crippen LogP contribution in [0.25, 0.3) is 16.6 Å². The number of carbonyl (C=O) groups excluding carboxylic acids is 1. The minimum absolute atomic E-state index is 0.0696. The van der Waals surface area contributed by atoms with Crippen molar-refractivity contribution in [2.45, 2.75) is 45.3 Å². The highest BCUT2D eigenvalue weighted by Crippen LogP contribution is 2.35. The molecule has 1 amide bonds. The molecular weight excluding hydrogens is 484 g/mol. The fourth-order valence-corrected chi connectivity index (χ4v) is 6.42. The van der Waals surface area contributed by atoms with Gasteiger partial charge in [0.15, 0.2) is 0 Å². The molecule has 206 valence electrons. The van der Waals surface area contributed by atoms with Gasteiger partial charge in [-0.2, -0.15) is 0 Å². The van der Waals surface area contributed by atoms with Crippen LogP contribution in [0.2, 0.25) is 0 Å². The van der Waals surface area contributed by atoms with Crippen LogP contribution in [0.1, 0.15) is 57.1 Å². The maximum Gasteiger partial charge on any atom is 0.253 e. The van der Waals surface area contributed by atoms with Gasteiger partial charge < -0.3 is 14.4 Å². The second-order valence-electron chi connectivity index (χ2n) is 11.4. The van der Waals surface area contributed by atoms with Crippen molar-refractivity contribution in [1.82, 2.24) is 29.6 Å². The van der Waals surface area contributed by atoms with Crippen LogP contribution in [0, 0.1) is 13.8 Å². The molecule has 0 spiro atoms. The average molecular weight is 527 g/mol. The van der Waals surface area contributed by atoms with Crippen LogP contribution in [0.4, 0.5) is 0 Å². The van der Waals surface area contributed by atoms with Crippen molar-refractivity contribution in [3.05, 3.63) is 82.3 Å². The van der Waals surface area contributed by atoms with Crippen molar-refractivity contribution in [2.24, 2.45) is 7.05 Å². The summed E-state index contributed by atoms with van der Waals surface area (Å²) in [7, 11) is 9.84. The molecular formula is C32H42N6O. The zero-order valence-electron chi connectivity index (χ0n) is 24.5. The number of nitrogens with one attached hydrogen (secondary N) is 1. The van der Waals surface area contributed by atoms with Crippen molar-refractivity contribution in [3.63, 3.8) is 0 Å². The minimum atomic E-state index is 0.0696. The number of rotatable bonds is 6. The van der Waals surface area contributed by atoms with Gasteiger partial charge in [-0.25, -0.2) is 4.98 Å². The molecule has 0 aliphatic carbocycles. The smallest absolute Gasteiger partial charge is 0.253 e. The van der Waals surface area contributed by atoms with Crippen LogP contribution in [0.5, 0.6) is 0 Å². The van der Waals surface area contributed by atoms with E-state index in [-0.39, 0.29) is 12.1 Å². The van der Waals surface area contributed by atoms with Gasteiger partial charge in [-0.15, -0.1) is 0 Å². The van der Waals surface area contributed by atoms with Gasteiger partial charge in [-0.05, 0) is 111 Å². The third-order valence-corrected chi connectivity index (χ3v) is 8.50. The summed E-state index contributed by atoms with van der Waals surface area (Å²) in [6.07, 6.45) is 11.0. The van der Waals surface area contributed by atoms with Gasteiger partial charge in [0.1, 0.15) is 5.65 Å². The van der Waals surface area contributed by atoms with Gasteiger partial charge in [0.25, 0.3) is 5.91 Å². The van der Waals surface area contributed by atoms with Gasteiger partial charge in [0.05, 0.1) is 6.17 Å². The molecule has 2 aliphatic heterocycles. The molecule has 1 N–H and O–H groups in total. The summed E-state index contributed by atoms with van der Waals surface area (Å²) in [5, 5.41) is 4.51. The van der Waals surface area contributed by atoms with Gasteiger partial charge >= 0.3 is 0 Å². The number of hydrogen-bond donors (Lipinski definition) is 1. The summed E-state index contributed by atoms with van der Waals surface area (Å²) in [6, 6.07) is 8.61. The fraction of sp³-hybridized carbons (Fsp3) is 0.438. The molecule has 1 unspecified atom stereocenters. The zero-order chi connectivity index (χ0) is 27.8. The number of pyridine rings is 1. The van der Waals surface area contributed by atoms with E-state index >= 15 is 0 Å². The Kier molecular flexibility index (Phi) is 7.65. The Morgan fingerprint density at radius 1 is 1.10 bits per heavy atom. The van der Waals surface area contributed by atoms with Gasteiger partial charge in [0.2, 0.25) is 0 Å². The number of likely N-dealkylation sites (tertiary alicyclic amines) is 1. The summed E-state index contributed by atoms with van der Waals surface area (Å²) >= 11 is 0.